The first-order valence-electron chi connectivity index (χ1n) is 6.01. The summed E-state index contributed by atoms with van der Waals surface area (Å²) in [5.41, 5.74) is 1.03. The standard InChI is InChI=1S/C13H17FN2OS/c1-9(6-10-2-4-11(14)5-3-10)16-13(17)12-7-18-8-15-12/h2-5,9,12,15H,6-8H2,1H3,(H,16,17)/t9-,12+/m0/s1. The summed E-state index contributed by atoms with van der Waals surface area (Å²) in [7, 11) is 0. The first kappa shape index (κ1) is 13.4. The fourth-order valence-electron chi connectivity index (χ4n) is 1.93. The van der Waals surface area contributed by atoms with Crippen molar-refractivity contribution in [3.63, 3.8) is 0 Å². The molecule has 5 heteroatoms. The highest BCUT2D eigenvalue weighted by atomic mass is 32.2. The summed E-state index contributed by atoms with van der Waals surface area (Å²) in [5.74, 6) is 1.48. The van der Waals surface area contributed by atoms with E-state index >= 15 is 0 Å². The normalized spacial score (nSPS) is 20.7. The van der Waals surface area contributed by atoms with Gasteiger partial charge in [-0.25, -0.2) is 4.39 Å². The Morgan fingerprint density at radius 3 is 2.89 bits per heavy atom. The van der Waals surface area contributed by atoms with Gasteiger partial charge in [0.15, 0.2) is 0 Å². The Balaban J connectivity index is 1.82. The van der Waals surface area contributed by atoms with Crippen LogP contribution in [0, 0.1) is 5.82 Å². The SMILES string of the molecule is C[C@@H](Cc1ccc(F)cc1)NC(=O)[C@H]1CSCN1. The van der Waals surface area contributed by atoms with Gasteiger partial charge in [0.25, 0.3) is 0 Å². The fourth-order valence-corrected chi connectivity index (χ4v) is 2.87. The van der Waals surface area contributed by atoms with Crippen LogP contribution in [-0.4, -0.2) is 29.6 Å². The third-order valence-electron chi connectivity index (χ3n) is 2.88. The Hall–Kier alpha value is -1.07. The second-order valence-electron chi connectivity index (χ2n) is 4.51. The lowest BCUT2D eigenvalue weighted by atomic mass is 10.1. The number of nitrogens with one attached hydrogen (secondary N) is 2. The second kappa shape index (κ2) is 6.20. The van der Waals surface area contributed by atoms with E-state index in [2.05, 4.69) is 10.6 Å². The number of amides is 1. The number of hydrogen-bond acceptors (Lipinski definition) is 3. The average molecular weight is 268 g/mol. The molecule has 0 radical (unpaired) electrons. The summed E-state index contributed by atoms with van der Waals surface area (Å²) in [6, 6.07) is 6.36. The van der Waals surface area contributed by atoms with Crippen LogP contribution < -0.4 is 10.6 Å². The molecule has 0 aliphatic carbocycles. The number of halogens is 1. The highest BCUT2D eigenvalue weighted by Crippen LogP contribution is 2.10. The van der Waals surface area contributed by atoms with Crippen molar-refractivity contribution in [3.05, 3.63) is 35.6 Å². The van der Waals surface area contributed by atoms with E-state index in [-0.39, 0.29) is 23.8 Å². The molecule has 2 atom stereocenters. The molecule has 1 heterocycles. The van der Waals surface area contributed by atoms with Gasteiger partial charge >= 0.3 is 0 Å². The molecule has 1 aliphatic heterocycles. The van der Waals surface area contributed by atoms with E-state index in [1.807, 2.05) is 6.92 Å². The van der Waals surface area contributed by atoms with E-state index in [1.165, 1.54) is 12.1 Å². The number of hydrogen-bond donors (Lipinski definition) is 2. The zero-order valence-corrected chi connectivity index (χ0v) is 11.1. The third kappa shape index (κ3) is 3.71. The molecule has 3 nitrogen and oxygen atoms in total. The van der Waals surface area contributed by atoms with Crippen LogP contribution in [0.3, 0.4) is 0 Å². The topological polar surface area (TPSA) is 41.1 Å². The predicted molar refractivity (Wildman–Crippen MR) is 72.0 cm³/mol. The van der Waals surface area contributed by atoms with Crippen LogP contribution in [0.2, 0.25) is 0 Å². The van der Waals surface area contributed by atoms with Crippen molar-refractivity contribution in [2.45, 2.75) is 25.4 Å². The van der Waals surface area contributed by atoms with Crippen LogP contribution in [-0.2, 0) is 11.2 Å². The largest absolute Gasteiger partial charge is 0.352 e. The van der Waals surface area contributed by atoms with E-state index < -0.39 is 0 Å². The van der Waals surface area contributed by atoms with E-state index in [0.29, 0.717) is 6.42 Å². The van der Waals surface area contributed by atoms with Crippen LogP contribution >= 0.6 is 11.8 Å². The number of thioether (sulfide) groups is 1. The monoisotopic (exact) mass is 268 g/mol. The first-order chi connectivity index (χ1) is 8.65. The van der Waals surface area contributed by atoms with Crippen molar-refractivity contribution in [1.29, 1.82) is 0 Å². The maximum atomic E-state index is 12.8. The van der Waals surface area contributed by atoms with E-state index in [9.17, 15) is 9.18 Å². The maximum Gasteiger partial charge on any atom is 0.238 e. The van der Waals surface area contributed by atoms with Crippen molar-refractivity contribution >= 4 is 17.7 Å². The van der Waals surface area contributed by atoms with Gasteiger partial charge in [0.05, 0.1) is 6.04 Å². The first-order valence-corrected chi connectivity index (χ1v) is 7.16. The van der Waals surface area contributed by atoms with Crippen molar-refractivity contribution in [1.82, 2.24) is 10.6 Å². The number of carbonyl (C=O) groups excluding carboxylic acids is 1. The lowest BCUT2D eigenvalue weighted by molar-refractivity contribution is -0.123. The molecule has 1 fully saturated rings. The minimum atomic E-state index is -0.234. The quantitative estimate of drug-likeness (QED) is 0.870. The summed E-state index contributed by atoms with van der Waals surface area (Å²) < 4.78 is 12.8. The molecule has 0 unspecified atom stereocenters. The highest BCUT2D eigenvalue weighted by molar-refractivity contribution is 7.99. The zero-order chi connectivity index (χ0) is 13.0. The Morgan fingerprint density at radius 1 is 1.56 bits per heavy atom. The van der Waals surface area contributed by atoms with Gasteiger partial charge in [-0.2, -0.15) is 0 Å². The molecule has 1 amide bonds. The van der Waals surface area contributed by atoms with Crippen LogP contribution in [0.15, 0.2) is 24.3 Å². The zero-order valence-electron chi connectivity index (χ0n) is 10.3. The molecule has 1 aromatic carbocycles. The molecule has 2 N–H and O–H groups in total. The molecule has 0 saturated carbocycles. The van der Waals surface area contributed by atoms with E-state index in [1.54, 1.807) is 23.9 Å². The van der Waals surface area contributed by atoms with Gasteiger partial charge in [-0.05, 0) is 31.0 Å². The number of benzene rings is 1. The Labute approximate surface area is 111 Å². The van der Waals surface area contributed by atoms with Gasteiger partial charge in [0.2, 0.25) is 5.91 Å². The number of carbonyl (C=O) groups is 1. The molecular weight excluding hydrogens is 251 g/mol. The average Bonchev–Trinajstić information content (AvgIpc) is 2.85. The van der Waals surface area contributed by atoms with E-state index in [0.717, 1.165) is 17.2 Å². The summed E-state index contributed by atoms with van der Waals surface area (Å²) in [6.07, 6.45) is 0.714. The van der Waals surface area contributed by atoms with Crippen LogP contribution in [0.1, 0.15) is 12.5 Å². The maximum absolute atomic E-state index is 12.8. The lowest BCUT2D eigenvalue weighted by Gasteiger charge is -2.17. The van der Waals surface area contributed by atoms with Crippen LogP contribution in [0.25, 0.3) is 0 Å². The smallest absolute Gasteiger partial charge is 0.238 e. The van der Waals surface area contributed by atoms with Gasteiger partial charge < -0.3 is 5.32 Å². The van der Waals surface area contributed by atoms with Crippen molar-refractivity contribution in [2.75, 3.05) is 11.6 Å². The summed E-state index contributed by atoms with van der Waals surface area (Å²) in [4.78, 5) is 11.9. The summed E-state index contributed by atoms with van der Waals surface area (Å²) >= 11 is 1.73. The molecule has 98 valence electrons. The molecule has 0 aromatic heterocycles. The highest BCUT2D eigenvalue weighted by Gasteiger charge is 2.23. The molecule has 18 heavy (non-hydrogen) atoms. The summed E-state index contributed by atoms with van der Waals surface area (Å²) in [6.45, 7) is 1.96. The van der Waals surface area contributed by atoms with Gasteiger partial charge in [-0.15, -0.1) is 11.8 Å². The van der Waals surface area contributed by atoms with Crippen molar-refractivity contribution in [3.8, 4) is 0 Å². The number of rotatable bonds is 4. The van der Waals surface area contributed by atoms with Crippen molar-refractivity contribution in [2.24, 2.45) is 0 Å². The lowest BCUT2D eigenvalue weighted by Crippen LogP contribution is -2.46. The molecule has 1 aliphatic rings. The van der Waals surface area contributed by atoms with Gasteiger partial charge in [-0.1, -0.05) is 12.1 Å². The van der Waals surface area contributed by atoms with E-state index in [4.69, 9.17) is 0 Å². The van der Waals surface area contributed by atoms with Gasteiger partial charge in [-0.3, -0.25) is 10.1 Å². The molecule has 1 saturated heterocycles. The van der Waals surface area contributed by atoms with Crippen molar-refractivity contribution < 1.29 is 9.18 Å². The predicted octanol–water partition coefficient (Wildman–Crippen LogP) is 1.54. The van der Waals surface area contributed by atoms with Crippen LogP contribution in [0.4, 0.5) is 4.39 Å². The minimum absolute atomic E-state index is 0.0506. The molecule has 0 bridgehead atoms. The second-order valence-corrected chi connectivity index (χ2v) is 5.54. The van der Waals surface area contributed by atoms with Gasteiger partial charge in [0, 0.05) is 17.7 Å². The Kier molecular flexibility index (Phi) is 4.60. The molecule has 1 aromatic rings. The molecular formula is C13H17FN2OS. The molecule has 0 spiro atoms. The third-order valence-corrected chi connectivity index (χ3v) is 3.82. The Bertz CT molecular complexity index is 404. The minimum Gasteiger partial charge on any atom is -0.352 e. The fraction of sp³-hybridized carbons (Fsp3) is 0.462. The van der Waals surface area contributed by atoms with Gasteiger partial charge in [0.1, 0.15) is 5.82 Å². The van der Waals surface area contributed by atoms with Crippen LogP contribution in [0.5, 0.6) is 0 Å². The summed E-state index contributed by atoms with van der Waals surface area (Å²) in [5, 5.41) is 6.11. The molecule has 2 rings (SSSR count). The Morgan fingerprint density at radius 2 is 2.28 bits per heavy atom.